The molecule has 4 N–H and O–H groups in total. The van der Waals surface area contributed by atoms with E-state index in [9.17, 15) is 9.59 Å². The summed E-state index contributed by atoms with van der Waals surface area (Å²) in [6.45, 7) is 3.59. The maximum Gasteiger partial charge on any atom is 0.240 e. The van der Waals surface area contributed by atoms with Crippen molar-refractivity contribution in [1.82, 2.24) is 10.6 Å². The molecular formula is C20H24ClN3O2. The van der Waals surface area contributed by atoms with Crippen molar-refractivity contribution in [2.24, 2.45) is 11.7 Å². The van der Waals surface area contributed by atoms with Gasteiger partial charge in [0, 0.05) is 5.02 Å². The maximum atomic E-state index is 12.4. The van der Waals surface area contributed by atoms with E-state index in [1.807, 2.05) is 56.3 Å². The van der Waals surface area contributed by atoms with Gasteiger partial charge in [-0.1, -0.05) is 67.9 Å². The van der Waals surface area contributed by atoms with Crippen molar-refractivity contribution in [2.75, 3.05) is 6.54 Å². The van der Waals surface area contributed by atoms with Gasteiger partial charge in [-0.25, -0.2) is 0 Å². The highest BCUT2D eigenvalue weighted by atomic mass is 35.5. The molecule has 0 aliphatic rings. The maximum absolute atomic E-state index is 12.4. The second-order valence-corrected chi connectivity index (χ2v) is 6.89. The van der Waals surface area contributed by atoms with Crippen LogP contribution in [0.3, 0.4) is 0 Å². The lowest BCUT2D eigenvalue weighted by Crippen LogP contribution is -2.47. The number of halogens is 1. The van der Waals surface area contributed by atoms with Crippen molar-refractivity contribution in [3.63, 3.8) is 0 Å². The number of carbonyl (C=O) groups is 2. The first-order chi connectivity index (χ1) is 12.4. The van der Waals surface area contributed by atoms with Crippen molar-refractivity contribution in [2.45, 2.75) is 25.9 Å². The smallest absolute Gasteiger partial charge is 0.240 e. The van der Waals surface area contributed by atoms with E-state index in [-0.39, 0.29) is 30.3 Å². The van der Waals surface area contributed by atoms with Crippen LogP contribution in [0.15, 0.2) is 54.6 Å². The number of nitrogens with one attached hydrogen (secondary N) is 2. The molecule has 138 valence electrons. The van der Waals surface area contributed by atoms with Crippen LogP contribution in [0.4, 0.5) is 0 Å². The van der Waals surface area contributed by atoms with Gasteiger partial charge in [0.25, 0.3) is 0 Å². The highest BCUT2D eigenvalue weighted by Crippen LogP contribution is 2.23. The van der Waals surface area contributed by atoms with Gasteiger partial charge in [0.2, 0.25) is 11.8 Å². The molecule has 0 aromatic heterocycles. The van der Waals surface area contributed by atoms with Gasteiger partial charge in [-0.3, -0.25) is 9.59 Å². The van der Waals surface area contributed by atoms with Crippen LogP contribution in [0.25, 0.3) is 0 Å². The lowest BCUT2D eigenvalue weighted by Gasteiger charge is -2.21. The fourth-order valence-corrected chi connectivity index (χ4v) is 2.59. The summed E-state index contributed by atoms with van der Waals surface area (Å²) < 4.78 is 0. The third-order valence-electron chi connectivity index (χ3n) is 4.09. The Morgan fingerprint density at radius 3 is 2.15 bits per heavy atom. The third-order valence-corrected chi connectivity index (χ3v) is 4.34. The molecule has 2 aromatic carbocycles. The standard InChI is InChI=1S/C20H24ClN3O2/c1-13(2)18(22)20(26)23-12-17(25)24-19(14-6-4-3-5-7-14)15-8-10-16(21)11-9-15/h3-11,13,18-19H,12,22H2,1-2H3,(H,23,26)(H,24,25)/t18-,19?/m0/s1. The summed E-state index contributed by atoms with van der Waals surface area (Å²) >= 11 is 5.96. The van der Waals surface area contributed by atoms with Crippen LogP contribution in [-0.4, -0.2) is 24.4 Å². The minimum atomic E-state index is -0.635. The summed E-state index contributed by atoms with van der Waals surface area (Å²) in [6.07, 6.45) is 0. The van der Waals surface area contributed by atoms with Crippen molar-refractivity contribution in [3.05, 3.63) is 70.7 Å². The summed E-state index contributed by atoms with van der Waals surface area (Å²) in [5.41, 5.74) is 7.63. The highest BCUT2D eigenvalue weighted by Gasteiger charge is 2.20. The van der Waals surface area contributed by atoms with E-state index in [0.29, 0.717) is 5.02 Å². The first kappa shape index (κ1) is 19.9. The SMILES string of the molecule is CC(C)[C@H](N)C(=O)NCC(=O)NC(c1ccccc1)c1ccc(Cl)cc1. The topological polar surface area (TPSA) is 84.2 Å². The van der Waals surface area contributed by atoms with E-state index >= 15 is 0 Å². The van der Waals surface area contributed by atoms with Crippen molar-refractivity contribution in [1.29, 1.82) is 0 Å². The van der Waals surface area contributed by atoms with Gasteiger partial charge < -0.3 is 16.4 Å². The summed E-state index contributed by atoms with van der Waals surface area (Å²) in [7, 11) is 0. The van der Waals surface area contributed by atoms with E-state index in [2.05, 4.69) is 10.6 Å². The van der Waals surface area contributed by atoms with Crippen LogP contribution < -0.4 is 16.4 Å². The zero-order chi connectivity index (χ0) is 19.1. The zero-order valence-electron chi connectivity index (χ0n) is 14.9. The van der Waals surface area contributed by atoms with Crippen molar-refractivity contribution >= 4 is 23.4 Å². The van der Waals surface area contributed by atoms with Crippen LogP contribution in [-0.2, 0) is 9.59 Å². The fourth-order valence-electron chi connectivity index (χ4n) is 2.46. The third kappa shape index (κ3) is 5.58. The predicted molar refractivity (Wildman–Crippen MR) is 104 cm³/mol. The number of hydrogen-bond acceptors (Lipinski definition) is 3. The molecule has 0 bridgehead atoms. The largest absolute Gasteiger partial charge is 0.346 e. The molecule has 26 heavy (non-hydrogen) atoms. The number of carbonyl (C=O) groups excluding carboxylic acids is 2. The minimum absolute atomic E-state index is 0.00388. The average Bonchev–Trinajstić information content (AvgIpc) is 2.65. The molecule has 0 radical (unpaired) electrons. The van der Waals surface area contributed by atoms with Gasteiger partial charge in [-0.05, 0) is 29.2 Å². The minimum Gasteiger partial charge on any atom is -0.346 e. The van der Waals surface area contributed by atoms with E-state index in [1.54, 1.807) is 12.1 Å². The fraction of sp³-hybridized carbons (Fsp3) is 0.300. The zero-order valence-corrected chi connectivity index (χ0v) is 15.7. The summed E-state index contributed by atoms with van der Waals surface area (Å²) in [5, 5.41) is 6.17. The summed E-state index contributed by atoms with van der Waals surface area (Å²) in [6, 6.07) is 15.9. The van der Waals surface area contributed by atoms with E-state index in [1.165, 1.54) is 0 Å². The second-order valence-electron chi connectivity index (χ2n) is 6.45. The first-order valence-corrected chi connectivity index (χ1v) is 8.89. The number of rotatable bonds is 7. The van der Waals surface area contributed by atoms with Gasteiger partial charge in [0.15, 0.2) is 0 Å². The Morgan fingerprint density at radius 1 is 1.00 bits per heavy atom. The Balaban J connectivity index is 2.08. The van der Waals surface area contributed by atoms with Crippen molar-refractivity contribution in [3.8, 4) is 0 Å². The number of hydrogen-bond donors (Lipinski definition) is 3. The quantitative estimate of drug-likeness (QED) is 0.697. The molecular weight excluding hydrogens is 350 g/mol. The molecule has 5 nitrogen and oxygen atoms in total. The molecule has 1 unspecified atom stereocenters. The van der Waals surface area contributed by atoms with Crippen LogP contribution in [0.5, 0.6) is 0 Å². The molecule has 2 atom stereocenters. The Bertz CT molecular complexity index is 732. The van der Waals surface area contributed by atoms with Gasteiger partial charge in [0.05, 0.1) is 18.6 Å². The van der Waals surface area contributed by atoms with Crippen LogP contribution >= 0.6 is 11.6 Å². The van der Waals surface area contributed by atoms with Crippen LogP contribution in [0.1, 0.15) is 31.0 Å². The number of benzene rings is 2. The molecule has 0 aliphatic heterocycles. The molecule has 2 amide bonds. The molecule has 2 rings (SSSR count). The molecule has 0 aliphatic carbocycles. The lowest BCUT2D eigenvalue weighted by atomic mass is 9.98. The molecule has 6 heteroatoms. The average molecular weight is 374 g/mol. The van der Waals surface area contributed by atoms with Crippen LogP contribution in [0.2, 0.25) is 5.02 Å². The molecule has 0 saturated carbocycles. The molecule has 2 aromatic rings. The van der Waals surface area contributed by atoms with Gasteiger partial charge >= 0.3 is 0 Å². The molecule has 0 heterocycles. The normalized spacial score (nSPS) is 13.1. The molecule has 0 saturated heterocycles. The lowest BCUT2D eigenvalue weighted by molar-refractivity contribution is -0.127. The van der Waals surface area contributed by atoms with Gasteiger partial charge in [-0.15, -0.1) is 0 Å². The predicted octanol–water partition coefficient (Wildman–Crippen LogP) is 2.65. The van der Waals surface area contributed by atoms with Crippen molar-refractivity contribution < 1.29 is 9.59 Å². The second kappa shape index (κ2) is 9.36. The van der Waals surface area contributed by atoms with E-state index in [0.717, 1.165) is 11.1 Å². The Hall–Kier alpha value is -2.37. The Morgan fingerprint density at radius 2 is 1.58 bits per heavy atom. The monoisotopic (exact) mass is 373 g/mol. The van der Waals surface area contributed by atoms with Gasteiger partial charge in [-0.2, -0.15) is 0 Å². The van der Waals surface area contributed by atoms with E-state index in [4.69, 9.17) is 17.3 Å². The molecule has 0 fully saturated rings. The number of nitrogens with two attached hydrogens (primary N) is 1. The molecule has 0 spiro atoms. The van der Waals surface area contributed by atoms with Crippen LogP contribution in [0, 0.1) is 5.92 Å². The summed E-state index contributed by atoms with van der Waals surface area (Å²) in [5.74, 6) is -0.625. The van der Waals surface area contributed by atoms with E-state index < -0.39 is 6.04 Å². The van der Waals surface area contributed by atoms with Gasteiger partial charge in [0.1, 0.15) is 0 Å². The Labute approximate surface area is 158 Å². The Kier molecular flexibility index (Phi) is 7.18. The summed E-state index contributed by atoms with van der Waals surface area (Å²) in [4.78, 5) is 24.3. The first-order valence-electron chi connectivity index (χ1n) is 8.51. The number of amides is 2. The highest BCUT2D eigenvalue weighted by molar-refractivity contribution is 6.30.